The summed E-state index contributed by atoms with van der Waals surface area (Å²) in [6.45, 7) is 3.73. The van der Waals surface area contributed by atoms with E-state index in [9.17, 15) is 4.79 Å². The summed E-state index contributed by atoms with van der Waals surface area (Å²) in [5.74, 6) is -1.26. The lowest BCUT2D eigenvalue weighted by molar-refractivity contribution is -0.179. The van der Waals surface area contributed by atoms with Gasteiger partial charge in [0.25, 0.3) is 5.79 Å². The molecule has 0 bridgehead atoms. The van der Waals surface area contributed by atoms with Gasteiger partial charge in [-0.1, -0.05) is 60.7 Å². The molecule has 1 spiro atoms. The van der Waals surface area contributed by atoms with E-state index in [1.54, 1.807) is 0 Å². The van der Waals surface area contributed by atoms with E-state index >= 15 is 0 Å². The van der Waals surface area contributed by atoms with Crippen molar-refractivity contribution in [3.8, 4) is 0 Å². The minimum Gasteiger partial charge on any atom is -0.329 e. The van der Waals surface area contributed by atoms with Crippen LogP contribution in [0.15, 0.2) is 71.8 Å². The van der Waals surface area contributed by atoms with E-state index in [1.165, 1.54) is 0 Å². The van der Waals surface area contributed by atoms with Crippen LogP contribution in [0.2, 0.25) is 0 Å². The Kier molecular flexibility index (Phi) is 3.22. The maximum absolute atomic E-state index is 12.4. The number of ketones is 1. The number of hydrogen-bond donors (Lipinski definition) is 0. The van der Waals surface area contributed by atoms with Gasteiger partial charge >= 0.3 is 0 Å². The van der Waals surface area contributed by atoms with Crippen LogP contribution in [0.5, 0.6) is 0 Å². The molecule has 3 heteroatoms. The number of ether oxygens (including phenoxy) is 2. The molecule has 3 nitrogen and oxygen atoms in total. The van der Waals surface area contributed by atoms with Gasteiger partial charge in [0, 0.05) is 11.1 Å². The Morgan fingerprint density at radius 2 is 1.22 bits per heavy atom. The van der Waals surface area contributed by atoms with Crippen molar-refractivity contribution in [1.82, 2.24) is 0 Å². The minimum atomic E-state index is -1.20. The van der Waals surface area contributed by atoms with Crippen LogP contribution in [-0.4, -0.2) is 11.6 Å². The van der Waals surface area contributed by atoms with Gasteiger partial charge in [0.1, 0.15) is 12.2 Å². The average molecular weight is 306 g/mol. The average Bonchev–Trinajstić information content (AvgIpc) is 3.05. The zero-order valence-corrected chi connectivity index (χ0v) is 13.2. The Bertz CT molecular complexity index is 730. The number of carbonyl (C=O) groups excluding carboxylic acids is 1. The zero-order valence-electron chi connectivity index (χ0n) is 13.2. The molecule has 116 valence electrons. The lowest BCUT2D eigenvalue weighted by Crippen LogP contribution is -2.50. The van der Waals surface area contributed by atoms with E-state index in [0.717, 1.165) is 22.3 Å². The number of Topliss-reactive ketones (excluding diaryl/α,β-unsaturated/α-hetero) is 1. The number of benzene rings is 2. The Morgan fingerprint density at radius 1 is 0.783 bits per heavy atom. The summed E-state index contributed by atoms with van der Waals surface area (Å²) in [6.07, 6.45) is -0.601. The third-order valence-electron chi connectivity index (χ3n) is 4.81. The number of hydrogen-bond acceptors (Lipinski definition) is 3. The van der Waals surface area contributed by atoms with E-state index in [1.807, 2.05) is 74.5 Å². The van der Waals surface area contributed by atoms with Gasteiger partial charge in [-0.05, 0) is 25.0 Å². The molecule has 0 aromatic heterocycles. The van der Waals surface area contributed by atoms with Crippen LogP contribution < -0.4 is 0 Å². The smallest absolute Gasteiger partial charge is 0.258 e. The summed E-state index contributed by atoms with van der Waals surface area (Å²) >= 11 is 0. The molecule has 0 unspecified atom stereocenters. The molecule has 2 atom stereocenters. The molecule has 1 heterocycles. The Balaban J connectivity index is 1.78. The Labute approximate surface area is 135 Å². The lowest BCUT2D eigenvalue weighted by atomic mass is 9.82. The van der Waals surface area contributed by atoms with E-state index in [4.69, 9.17) is 9.47 Å². The highest BCUT2D eigenvalue weighted by Gasteiger charge is 2.61. The quantitative estimate of drug-likeness (QED) is 0.837. The fourth-order valence-electron chi connectivity index (χ4n) is 3.34. The molecule has 2 aliphatic rings. The van der Waals surface area contributed by atoms with Crippen LogP contribution >= 0.6 is 0 Å². The first-order valence-corrected chi connectivity index (χ1v) is 7.82. The first-order valence-electron chi connectivity index (χ1n) is 7.82. The minimum absolute atomic E-state index is 0.0608. The van der Waals surface area contributed by atoms with Crippen molar-refractivity contribution in [3.05, 3.63) is 82.9 Å². The van der Waals surface area contributed by atoms with E-state index in [-0.39, 0.29) is 18.0 Å². The summed E-state index contributed by atoms with van der Waals surface area (Å²) in [4.78, 5) is 12.4. The second kappa shape index (κ2) is 5.15. The fraction of sp³-hybridized carbons (Fsp3) is 0.250. The summed E-state index contributed by atoms with van der Waals surface area (Å²) in [6, 6.07) is 19.9. The van der Waals surface area contributed by atoms with Gasteiger partial charge in [-0.25, -0.2) is 0 Å². The van der Waals surface area contributed by atoms with Crippen molar-refractivity contribution in [3.63, 3.8) is 0 Å². The predicted octanol–water partition coefficient (Wildman–Crippen LogP) is 4.13. The standard InChI is InChI=1S/C20H18O3/c1-13-14(2)20(19(13)21)22-17(15-9-5-3-6-10-15)18(23-20)16-11-7-4-8-12-16/h3-12,17-18H,1-2H3/t17-,18-/m1/s1. The Morgan fingerprint density at radius 3 is 1.61 bits per heavy atom. The first-order chi connectivity index (χ1) is 11.1. The molecular formula is C20H18O3. The van der Waals surface area contributed by atoms with Crippen LogP contribution in [0, 0.1) is 0 Å². The van der Waals surface area contributed by atoms with E-state index in [0.29, 0.717) is 0 Å². The summed E-state index contributed by atoms with van der Waals surface area (Å²) in [5.41, 5.74) is 3.65. The zero-order chi connectivity index (χ0) is 16.0. The Hall–Kier alpha value is -2.23. The molecule has 0 radical (unpaired) electrons. The molecule has 4 rings (SSSR count). The van der Waals surface area contributed by atoms with Gasteiger partial charge in [0.05, 0.1) is 0 Å². The highest BCUT2D eigenvalue weighted by Crippen LogP contribution is 2.54. The highest BCUT2D eigenvalue weighted by molar-refractivity contribution is 6.10. The van der Waals surface area contributed by atoms with Crippen LogP contribution in [0.1, 0.15) is 37.2 Å². The maximum atomic E-state index is 12.4. The third-order valence-corrected chi connectivity index (χ3v) is 4.81. The van der Waals surface area contributed by atoms with Crippen LogP contribution in [-0.2, 0) is 14.3 Å². The summed E-state index contributed by atoms with van der Waals surface area (Å²) < 4.78 is 12.4. The van der Waals surface area contributed by atoms with E-state index < -0.39 is 5.79 Å². The molecular weight excluding hydrogens is 288 g/mol. The molecule has 1 aliphatic heterocycles. The van der Waals surface area contributed by atoms with Crippen molar-refractivity contribution in [2.75, 3.05) is 0 Å². The molecule has 0 amide bonds. The number of rotatable bonds is 2. The highest BCUT2D eigenvalue weighted by atomic mass is 16.8. The molecule has 1 aliphatic carbocycles. The summed E-state index contributed by atoms with van der Waals surface area (Å²) in [7, 11) is 0. The number of carbonyl (C=O) groups is 1. The van der Waals surface area contributed by atoms with Gasteiger partial charge in [0.15, 0.2) is 0 Å². The van der Waals surface area contributed by atoms with Gasteiger partial charge < -0.3 is 9.47 Å². The molecule has 0 N–H and O–H groups in total. The normalized spacial score (nSPS) is 25.7. The molecule has 0 saturated carbocycles. The molecule has 1 fully saturated rings. The van der Waals surface area contributed by atoms with Gasteiger partial charge in [-0.15, -0.1) is 0 Å². The maximum Gasteiger partial charge on any atom is 0.258 e. The SMILES string of the molecule is CC1=C(C)C2(O[C@H](c3ccccc3)[C@@H](c3ccccc3)O2)C1=O. The van der Waals surface area contributed by atoms with Crippen LogP contribution in [0.3, 0.4) is 0 Å². The van der Waals surface area contributed by atoms with Crippen LogP contribution in [0.25, 0.3) is 0 Å². The fourth-order valence-corrected chi connectivity index (χ4v) is 3.34. The lowest BCUT2D eigenvalue weighted by Gasteiger charge is -2.36. The van der Waals surface area contributed by atoms with Crippen LogP contribution in [0.4, 0.5) is 0 Å². The summed E-state index contributed by atoms with van der Waals surface area (Å²) in [5, 5.41) is 0. The van der Waals surface area contributed by atoms with Gasteiger partial charge in [0.2, 0.25) is 5.78 Å². The largest absolute Gasteiger partial charge is 0.329 e. The van der Waals surface area contributed by atoms with Crippen molar-refractivity contribution >= 4 is 5.78 Å². The monoisotopic (exact) mass is 306 g/mol. The first kappa shape index (κ1) is 14.4. The van der Waals surface area contributed by atoms with Gasteiger partial charge in [-0.3, -0.25) is 4.79 Å². The van der Waals surface area contributed by atoms with Crippen molar-refractivity contribution in [2.45, 2.75) is 31.8 Å². The van der Waals surface area contributed by atoms with Crippen molar-refractivity contribution in [2.24, 2.45) is 0 Å². The predicted molar refractivity (Wildman–Crippen MR) is 86.6 cm³/mol. The molecule has 2 aromatic carbocycles. The van der Waals surface area contributed by atoms with Gasteiger partial charge in [-0.2, -0.15) is 0 Å². The molecule has 2 aromatic rings. The topological polar surface area (TPSA) is 35.5 Å². The third kappa shape index (κ3) is 2.01. The second-order valence-electron chi connectivity index (χ2n) is 6.09. The van der Waals surface area contributed by atoms with E-state index in [2.05, 4.69) is 0 Å². The van der Waals surface area contributed by atoms with Crippen molar-refractivity contribution in [1.29, 1.82) is 0 Å². The molecule has 23 heavy (non-hydrogen) atoms. The second-order valence-corrected chi connectivity index (χ2v) is 6.09. The molecule has 1 saturated heterocycles. The van der Waals surface area contributed by atoms with Crippen molar-refractivity contribution < 1.29 is 14.3 Å².